The summed E-state index contributed by atoms with van der Waals surface area (Å²) in [6.45, 7) is 1.39. The quantitative estimate of drug-likeness (QED) is 0.522. The Kier molecular flexibility index (Phi) is 6.88. The van der Waals surface area contributed by atoms with E-state index in [1.807, 2.05) is 0 Å². The van der Waals surface area contributed by atoms with Crippen LogP contribution in [0.25, 0.3) is 0 Å². The van der Waals surface area contributed by atoms with Crippen molar-refractivity contribution in [2.24, 2.45) is 0 Å². The number of thiazole rings is 1. The molecule has 0 aliphatic carbocycles. The van der Waals surface area contributed by atoms with Gasteiger partial charge in [0, 0.05) is 35.5 Å². The van der Waals surface area contributed by atoms with Crippen LogP contribution in [0.4, 0.5) is 9.52 Å². The van der Waals surface area contributed by atoms with Crippen molar-refractivity contribution in [2.45, 2.75) is 17.9 Å². The number of rotatable bonds is 8. The van der Waals surface area contributed by atoms with E-state index in [1.165, 1.54) is 35.6 Å². The van der Waals surface area contributed by atoms with Crippen LogP contribution in [0, 0.1) is 5.82 Å². The van der Waals surface area contributed by atoms with E-state index in [1.54, 1.807) is 18.5 Å². The van der Waals surface area contributed by atoms with Crippen molar-refractivity contribution in [3.63, 3.8) is 0 Å². The summed E-state index contributed by atoms with van der Waals surface area (Å²) in [5.74, 6) is -0.998. The van der Waals surface area contributed by atoms with Crippen LogP contribution in [0.1, 0.15) is 17.3 Å². The van der Waals surface area contributed by atoms with Gasteiger partial charge in [-0.2, -0.15) is 0 Å². The lowest BCUT2D eigenvalue weighted by Gasteiger charge is -2.15. The van der Waals surface area contributed by atoms with Crippen LogP contribution in [0.5, 0.6) is 17.2 Å². The maximum Gasteiger partial charge on any atom is 0.257 e. The number of carbonyl (C=O) groups excluding carboxylic acids is 1. The molecule has 1 heterocycles. The highest BCUT2D eigenvalue weighted by atomic mass is 32.2. The summed E-state index contributed by atoms with van der Waals surface area (Å²) < 4.78 is 48.6. The first-order valence-corrected chi connectivity index (χ1v) is 11.7. The molecule has 164 valence electrons. The van der Waals surface area contributed by atoms with Crippen LogP contribution in [-0.4, -0.2) is 43.4 Å². The number of aromatic nitrogens is 1. The molecule has 8 nitrogen and oxygen atoms in total. The van der Waals surface area contributed by atoms with Crippen molar-refractivity contribution in [2.75, 3.05) is 18.2 Å². The van der Waals surface area contributed by atoms with Gasteiger partial charge in [-0.3, -0.25) is 10.1 Å². The van der Waals surface area contributed by atoms with Crippen molar-refractivity contribution in [1.82, 2.24) is 4.98 Å². The highest BCUT2D eigenvalue weighted by Gasteiger charge is 2.16. The predicted molar refractivity (Wildman–Crippen MR) is 113 cm³/mol. The molecule has 11 heteroatoms. The number of amides is 1. The largest absolute Gasteiger partial charge is 0.488 e. The zero-order valence-electron chi connectivity index (χ0n) is 16.5. The van der Waals surface area contributed by atoms with Gasteiger partial charge in [0.1, 0.15) is 34.1 Å². The monoisotopic (exact) mass is 466 g/mol. The molecule has 0 saturated carbocycles. The van der Waals surface area contributed by atoms with E-state index in [-0.39, 0.29) is 29.4 Å². The lowest BCUT2D eigenvalue weighted by atomic mass is 10.2. The average molecular weight is 467 g/mol. The molecule has 3 aromatic rings. The maximum absolute atomic E-state index is 14.2. The Morgan fingerprint density at radius 2 is 1.97 bits per heavy atom. The number of hydrogen-bond donors (Lipinski definition) is 2. The van der Waals surface area contributed by atoms with Gasteiger partial charge in [-0.25, -0.2) is 17.8 Å². The van der Waals surface area contributed by atoms with E-state index in [4.69, 9.17) is 9.47 Å². The SMILES string of the molecule is C[C@@H](CO)Oc1cc(Oc2ccc(S(C)(=O)=O)c(F)c2)cc(C(=O)Nc2nccs2)c1. The van der Waals surface area contributed by atoms with E-state index in [0.717, 1.165) is 18.4 Å². The third-order valence-electron chi connectivity index (χ3n) is 3.93. The number of carbonyl (C=O) groups is 1. The predicted octanol–water partition coefficient (Wildman–Crippen LogP) is 3.49. The van der Waals surface area contributed by atoms with Gasteiger partial charge < -0.3 is 14.6 Å². The molecule has 1 atom stereocenters. The van der Waals surface area contributed by atoms with Crippen LogP contribution in [0.15, 0.2) is 52.9 Å². The van der Waals surface area contributed by atoms with E-state index >= 15 is 0 Å². The van der Waals surface area contributed by atoms with E-state index in [0.29, 0.717) is 5.13 Å². The van der Waals surface area contributed by atoms with Crippen LogP contribution >= 0.6 is 11.3 Å². The molecule has 0 fully saturated rings. The van der Waals surface area contributed by atoms with Gasteiger partial charge in [-0.05, 0) is 31.2 Å². The zero-order chi connectivity index (χ0) is 22.6. The average Bonchev–Trinajstić information content (AvgIpc) is 3.19. The third kappa shape index (κ3) is 6.00. The number of hydrogen-bond acceptors (Lipinski definition) is 8. The minimum atomic E-state index is -3.72. The molecule has 0 aliphatic heterocycles. The molecule has 2 aromatic carbocycles. The van der Waals surface area contributed by atoms with Crippen molar-refractivity contribution in [1.29, 1.82) is 0 Å². The highest BCUT2D eigenvalue weighted by Crippen LogP contribution is 2.30. The molecule has 1 aromatic heterocycles. The molecule has 0 saturated heterocycles. The molecule has 1 amide bonds. The lowest BCUT2D eigenvalue weighted by Crippen LogP contribution is -2.17. The first-order valence-electron chi connectivity index (χ1n) is 8.96. The number of nitrogens with zero attached hydrogens (tertiary/aromatic N) is 1. The molecule has 0 radical (unpaired) electrons. The Balaban J connectivity index is 1.92. The number of anilines is 1. The number of ether oxygens (including phenoxy) is 2. The molecule has 0 spiro atoms. The Labute approximate surface area is 182 Å². The zero-order valence-corrected chi connectivity index (χ0v) is 18.2. The van der Waals surface area contributed by atoms with E-state index in [2.05, 4.69) is 10.3 Å². The number of benzene rings is 2. The first kappa shape index (κ1) is 22.7. The molecule has 2 N–H and O–H groups in total. The second-order valence-electron chi connectivity index (χ2n) is 6.56. The van der Waals surface area contributed by atoms with Gasteiger partial charge in [0.25, 0.3) is 5.91 Å². The number of halogens is 1. The summed E-state index contributed by atoms with van der Waals surface area (Å²) >= 11 is 1.25. The second kappa shape index (κ2) is 9.41. The van der Waals surface area contributed by atoms with Crippen LogP contribution in [-0.2, 0) is 9.84 Å². The van der Waals surface area contributed by atoms with Crippen molar-refractivity contribution >= 4 is 32.2 Å². The smallest absolute Gasteiger partial charge is 0.257 e. The minimum absolute atomic E-state index is 0.0311. The standard InChI is InChI=1S/C20H19FN2O6S2/c1-12(11-24)28-15-7-13(19(25)23-20-22-5-6-30-20)8-16(9-15)29-14-3-4-18(17(21)10-14)31(2,26)27/h3-10,12,24H,11H2,1-2H3,(H,22,23,25)/t12-/m0/s1. The van der Waals surface area contributed by atoms with Gasteiger partial charge in [0.2, 0.25) is 0 Å². The normalized spacial score (nSPS) is 12.3. The Morgan fingerprint density at radius 1 is 1.23 bits per heavy atom. The number of aliphatic hydroxyl groups is 1. The fourth-order valence-corrected chi connectivity index (χ4v) is 3.79. The van der Waals surface area contributed by atoms with Gasteiger partial charge in [0.05, 0.1) is 6.61 Å². The molecule has 3 rings (SSSR count). The summed E-state index contributed by atoms with van der Waals surface area (Å²) in [6, 6.07) is 7.70. The second-order valence-corrected chi connectivity index (χ2v) is 9.44. The van der Waals surface area contributed by atoms with E-state index < -0.39 is 32.6 Å². The summed E-state index contributed by atoms with van der Waals surface area (Å²) in [7, 11) is -3.72. The Hall–Kier alpha value is -3.02. The van der Waals surface area contributed by atoms with Crippen LogP contribution in [0.2, 0.25) is 0 Å². The Morgan fingerprint density at radius 3 is 2.58 bits per heavy atom. The van der Waals surface area contributed by atoms with Crippen molar-refractivity contribution in [3.05, 3.63) is 59.4 Å². The first-order chi connectivity index (χ1) is 14.7. The molecular formula is C20H19FN2O6S2. The fourth-order valence-electron chi connectivity index (χ4n) is 2.54. The Bertz CT molecular complexity index is 1180. The van der Waals surface area contributed by atoms with Crippen molar-refractivity contribution < 1.29 is 32.2 Å². The van der Waals surface area contributed by atoms with Gasteiger partial charge in [0.15, 0.2) is 15.0 Å². The highest BCUT2D eigenvalue weighted by molar-refractivity contribution is 7.90. The third-order valence-corrected chi connectivity index (χ3v) is 5.75. The lowest BCUT2D eigenvalue weighted by molar-refractivity contribution is 0.102. The van der Waals surface area contributed by atoms with E-state index in [9.17, 15) is 22.7 Å². The van der Waals surface area contributed by atoms with Crippen LogP contribution in [0.3, 0.4) is 0 Å². The molecule has 0 unspecified atom stereocenters. The summed E-state index contributed by atoms with van der Waals surface area (Å²) in [4.78, 5) is 16.1. The summed E-state index contributed by atoms with van der Waals surface area (Å²) in [6.07, 6.45) is 1.91. The van der Waals surface area contributed by atoms with Crippen molar-refractivity contribution in [3.8, 4) is 17.2 Å². The molecule has 31 heavy (non-hydrogen) atoms. The van der Waals surface area contributed by atoms with Crippen LogP contribution < -0.4 is 14.8 Å². The molecule has 0 bridgehead atoms. The van der Waals surface area contributed by atoms with Gasteiger partial charge in [-0.1, -0.05) is 0 Å². The van der Waals surface area contributed by atoms with Gasteiger partial charge >= 0.3 is 0 Å². The maximum atomic E-state index is 14.2. The summed E-state index contributed by atoms with van der Waals surface area (Å²) in [5.41, 5.74) is 0.182. The number of aliphatic hydroxyl groups excluding tert-OH is 1. The fraction of sp³-hybridized carbons (Fsp3) is 0.200. The summed E-state index contributed by atoms with van der Waals surface area (Å²) in [5, 5.41) is 14.0. The topological polar surface area (TPSA) is 115 Å². The molecular weight excluding hydrogens is 447 g/mol. The number of nitrogens with one attached hydrogen (secondary N) is 1. The minimum Gasteiger partial charge on any atom is -0.488 e. The van der Waals surface area contributed by atoms with Gasteiger partial charge in [-0.15, -0.1) is 11.3 Å². The number of sulfone groups is 1. The molecule has 0 aliphatic rings.